The molecule has 0 atom stereocenters. The van der Waals surface area contributed by atoms with Gasteiger partial charge in [0.15, 0.2) is 0 Å². The molecule has 5 nitrogen and oxygen atoms in total. The summed E-state index contributed by atoms with van der Waals surface area (Å²) in [7, 11) is 0. The zero-order chi connectivity index (χ0) is 12.3. The van der Waals surface area contributed by atoms with E-state index in [2.05, 4.69) is 6.08 Å². The highest BCUT2D eigenvalue weighted by molar-refractivity contribution is 5.76. The van der Waals surface area contributed by atoms with Gasteiger partial charge in [-0.2, -0.15) is 0 Å². The van der Waals surface area contributed by atoms with Gasteiger partial charge in [0.25, 0.3) is 5.56 Å². The van der Waals surface area contributed by atoms with E-state index in [0.717, 1.165) is 6.42 Å². The third-order valence-corrected chi connectivity index (χ3v) is 2.72. The van der Waals surface area contributed by atoms with Gasteiger partial charge in [0.1, 0.15) is 6.54 Å². The molecule has 0 radical (unpaired) electrons. The molecule has 0 saturated heterocycles. The summed E-state index contributed by atoms with van der Waals surface area (Å²) in [5.41, 5.74) is 5.86. The maximum absolute atomic E-state index is 11.9. The van der Waals surface area contributed by atoms with Crippen LogP contribution >= 0.6 is 0 Å². The molecule has 2 rings (SSSR count). The van der Waals surface area contributed by atoms with Crippen molar-refractivity contribution < 1.29 is 4.79 Å². The molecule has 0 spiro atoms. The van der Waals surface area contributed by atoms with E-state index in [1.165, 1.54) is 22.9 Å². The first kappa shape index (κ1) is 11.4. The van der Waals surface area contributed by atoms with E-state index in [-0.39, 0.29) is 18.0 Å². The fourth-order valence-electron chi connectivity index (χ4n) is 1.79. The maximum atomic E-state index is 11.9. The first-order chi connectivity index (χ1) is 8.16. The minimum atomic E-state index is -0.208. The van der Waals surface area contributed by atoms with Gasteiger partial charge in [-0.05, 0) is 12.5 Å². The summed E-state index contributed by atoms with van der Waals surface area (Å²) in [4.78, 5) is 25.2. The molecule has 2 heterocycles. The first-order valence-electron chi connectivity index (χ1n) is 5.55. The highest BCUT2D eigenvalue weighted by atomic mass is 16.2. The Morgan fingerprint density at radius 1 is 1.35 bits per heavy atom. The van der Waals surface area contributed by atoms with Crippen LogP contribution < -0.4 is 11.3 Å². The molecule has 2 N–H and O–H groups in total. The van der Waals surface area contributed by atoms with Gasteiger partial charge in [-0.3, -0.25) is 9.59 Å². The largest absolute Gasteiger partial charge is 0.398 e. The van der Waals surface area contributed by atoms with Crippen LogP contribution in [0.2, 0.25) is 0 Å². The highest BCUT2D eigenvalue weighted by Gasteiger charge is 2.14. The Labute approximate surface area is 99.1 Å². The van der Waals surface area contributed by atoms with Crippen molar-refractivity contribution in [1.29, 1.82) is 0 Å². The first-order valence-corrected chi connectivity index (χ1v) is 5.55. The third kappa shape index (κ3) is 2.75. The summed E-state index contributed by atoms with van der Waals surface area (Å²) in [5, 5.41) is 0. The van der Waals surface area contributed by atoms with Crippen molar-refractivity contribution in [2.24, 2.45) is 0 Å². The Balaban J connectivity index is 2.10. The third-order valence-electron chi connectivity index (χ3n) is 2.72. The fourth-order valence-corrected chi connectivity index (χ4v) is 1.79. The van der Waals surface area contributed by atoms with Gasteiger partial charge in [0, 0.05) is 31.0 Å². The Bertz CT molecular complexity index is 505. The number of nitrogens with zero attached hydrogens (tertiary/aromatic N) is 2. The molecule has 17 heavy (non-hydrogen) atoms. The lowest BCUT2D eigenvalue weighted by Gasteiger charge is -2.23. The van der Waals surface area contributed by atoms with Gasteiger partial charge < -0.3 is 15.2 Å². The molecule has 1 aliphatic rings. The van der Waals surface area contributed by atoms with Crippen molar-refractivity contribution in [2.75, 3.05) is 18.8 Å². The van der Waals surface area contributed by atoms with E-state index >= 15 is 0 Å². The number of nitrogen functional groups attached to an aromatic ring is 1. The van der Waals surface area contributed by atoms with Crippen LogP contribution in [0.3, 0.4) is 0 Å². The summed E-state index contributed by atoms with van der Waals surface area (Å²) in [6, 6.07) is 2.91. The van der Waals surface area contributed by atoms with E-state index in [0.29, 0.717) is 18.8 Å². The van der Waals surface area contributed by atoms with Gasteiger partial charge in [-0.15, -0.1) is 0 Å². The molecule has 1 aliphatic heterocycles. The topological polar surface area (TPSA) is 68.3 Å². The number of nitrogens with two attached hydrogens (primary N) is 1. The van der Waals surface area contributed by atoms with Gasteiger partial charge >= 0.3 is 0 Å². The molecule has 5 heteroatoms. The lowest BCUT2D eigenvalue weighted by molar-refractivity contribution is -0.131. The Kier molecular flexibility index (Phi) is 3.27. The molecule has 0 saturated carbocycles. The number of carbonyl (C=O) groups excluding carboxylic acids is 1. The quantitative estimate of drug-likeness (QED) is 0.743. The number of carbonyl (C=O) groups is 1. The number of amides is 1. The molecule has 0 fully saturated rings. The van der Waals surface area contributed by atoms with Gasteiger partial charge in [-0.1, -0.05) is 12.2 Å². The predicted molar refractivity (Wildman–Crippen MR) is 65.5 cm³/mol. The van der Waals surface area contributed by atoms with E-state index in [1.807, 2.05) is 6.08 Å². The SMILES string of the molecule is Nc1ccc(=O)n(CC(=O)N2CC=CCC2)c1. The molecule has 0 aliphatic carbocycles. The van der Waals surface area contributed by atoms with Crippen LogP contribution in [0.1, 0.15) is 6.42 Å². The molecule has 1 aromatic heterocycles. The normalized spacial score (nSPS) is 14.9. The van der Waals surface area contributed by atoms with Crippen molar-refractivity contribution >= 4 is 11.6 Å². The molecular formula is C12H15N3O2. The summed E-state index contributed by atoms with van der Waals surface area (Å²) in [6.45, 7) is 1.39. The molecule has 1 amide bonds. The summed E-state index contributed by atoms with van der Waals surface area (Å²) < 4.78 is 1.34. The minimum absolute atomic E-state index is 0.0533. The van der Waals surface area contributed by atoms with Crippen LogP contribution in [0.15, 0.2) is 35.3 Å². The van der Waals surface area contributed by atoms with Crippen LogP contribution in [0, 0.1) is 0 Å². The number of hydrogen-bond acceptors (Lipinski definition) is 3. The van der Waals surface area contributed by atoms with Crippen molar-refractivity contribution in [1.82, 2.24) is 9.47 Å². The van der Waals surface area contributed by atoms with Crippen molar-refractivity contribution in [3.63, 3.8) is 0 Å². The predicted octanol–water partition coefficient (Wildman–Crippen LogP) is 0.219. The fraction of sp³-hybridized carbons (Fsp3) is 0.333. The van der Waals surface area contributed by atoms with Gasteiger partial charge in [0.2, 0.25) is 5.91 Å². The van der Waals surface area contributed by atoms with Crippen molar-refractivity contribution in [2.45, 2.75) is 13.0 Å². The average Bonchev–Trinajstić information content (AvgIpc) is 2.35. The smallest absolute Gasteiger partial charge is 0.251 e. The maximum Gasteiger partial charge on any atom is 0.251 e. The number of pyridine rings is 1. The van der Waals surface area contributed by atoms with E-state index in [9.17, 15) is 9.59 Å². The van der Waals surface area contributed by atoms with Crippen LogP contribution in [0.25, 0.3) is 0 Å². The second kappa shape index (κ2) is 4.86. The monoisotopic (exact) mass is 233 g/mol. The molecule has 1 aromatic rings. The molecule has 90 valence electrons. The summed E-state index contributed by atoms with van der Waals surface area (Å²) in [6.07, 6.45) is 6.39. The molecule has 0 bridgehead atoms. The number of aromatic nitrogens is 1. The van der Waals surface area contributed by atoms with E-state index < -0.39 is 0 Å². The lowest BCUT2D eigenvalue weighted by atomic mass is 10.2. The summed E-state index contributed by atoms with van der Waals surface area (Å²) >= 11 is 0. The molecule has 0 aromatic carbocycles. The Morgan fingerprint density at radius 2 is 2.18 bits per heavy atom. The van der Waals surface area contributed by atoms with Gasteiger partial charge in [-0.25, -0.2) is 0 Å². The zero-order valence-corrected chi connectivity index (χ0v) is 9.50. The van der Waals surface area contributed by atoms with Crippen LogP contribution in [0.4, 0.5) is 5.69 Å². The number of anilines is 1. The van der Waals surface area contributed by atoms with Gasteiger partial charge in [0.05, 0.1) is 0 Å². The Hall–Kier alpha value is -2.04. The van der Waals surface area contributed by atoms with Crippen molar-refractivity contribution in [3.8, 4) is 0 Å². The summed E-state index contributed by atoms with van der Waals surface area (Å²) in [5.74, 6) is -0.0537. The lowest BCUT2D eigenvalue weighted by Crippen LogP contribution is -2.38. The number of rotatable bonds is 2. The highest BCUT2D eigenvalue weighted by Crippen LogP contribution is 2.03. The van der Waals surface area contributed by atoms with Crippen LogP contribution in [0.5, 0.6) is 0 Å². The minimum Gasteiger partial charge on any atom is -0.398 e. The second-order valence-electron chi connectivity index (χ2n) is 4.03. The number of hydrogen-bond donors (Lipinski definition) is 1. The second-order valence-corrected chi connectivity index (χ2v) is 4.03. The van der Waals surface area contributed by atoms with Crippen molar-refractivity contribution in [3.05, 3.63) is 40.8 Å². The average molecular weight is 233 g/mol. The standard InChI is InChI=1S/C12H15N3O2/c13-10-4-5-11(16)15(8-10)9-12(17)14-6-2-1-3-7-14/h1-2,4-5,8H,3,6-7,9,13H2. The Morgan fingerprint density at radius 3 is 2.88 bits per heavy atom. The molecular weight excluding hydrogens is 218 g/mol. The molecule has 0 unspecified atom stereocenters. The van der Waals surface area contributed by atoms with Crippen LogP contribution in [-0.2, 0) is 11.3 Å². The van der Waals surface area contributed by atoms with Crippen LogP contribution in [-0.4, -0.2) is 28.5 Å². The zero-order valence-electron chi connectivity index (χ0n) is 9.50. The van der Waals surface area contributed by atoms with E-state index in [4.69, 9.17) is 5.73 Å². The van der Waals surface area contributed by atoms with E-state index in [1.54, 1.807) is 4.90 Å².